The third-order valence-corrected chi connectivity index (χ3v) is 3.62. The molecule has 3 rings (SSSR count). The minimum absolute atomic E-state index is 0.352. The zero-order valence-electron chi connectivity index (χ0n) is 11.0. The molecule has 0 aliphatic carbocycles. The van der Waals surface area contributed by atoms with Crippen LogP contribution in [-0.4, -0.2) is 17.2 Å². The van der Waals surface area contributed by atoms with Gasteiger partial charge >= 0.3 is 0 Å². The number of benzene rings is 2. The average molecular weight is 305 g/mol. The minimum Gasteiger partial charge on any atom is -0.456 e. The Hall–Kier alpha value is -2.08. The Morgan fingerprint density at radius 3 is 2.81 bits per heavy atom. The van der Waals surface area contributed by atoms with Gasteiger partial charge in [0.25, 0.3) is 5.91 Å². The lowest BCUT2D eigenvalue weighted by atomic mass is 9.99. The lowest BCUT2D eigenvalue weighted by Crippen LogP contribution is -2.47. The van der Waals surface area contributed by atoms with E-state index in [1.807, 2.05) is 12.1 Å². The van der Waals surface area contributed by atoms with E-state index in [0.717, 1.165) is 5.56 Å². The molecule has 5 nitrogen and oxygen atoms in total. The molecule has 1 heterocycles. The highest BCUT2D eigenvalue weighted by Gasteiger charge is 2.29. The molecule has 1 atom stereocenters. The summed E-state index contributed by atoms with van der Waals surface area (Å²) >= 11 is 6.05. The van der Waals surface area contributed by atoms with E-state index in [-0.39, 0.29) is 0 Å². The Morgan fingerprint density at radius 1 is 1.29 bits per heavy atom. The molecule has 0 saturated heterocycles. The highest BCUT2D eigenvalue weighted by Crippen LogP contribution is 2.33. The largest absolute Gasteiger partial charge is 0.456 e. The van der Waals surface area contributed by atoms with E-state index in [2.05, 4.69) is 0 Å². The average Bonchev–Trinajstić information content (AvgIpc) is 2.47. The number of carbonyl (C=O) groups excluding carboxylic acids is 1. The van der Waals surface area contributed by atoms with Crippen LogP contribution in [0.5, 0.6) is 11.5 Å². The number of ether oxygens (including phenoxy) is 1. The molecule has 1 aliphatic heterocycles. The van der Waals surface area contributed by atoms with Crippen LogP contribution in [0.2, 0.25) is 5.02 Å². The number of nitrogens with two attached hydrogens (primary N) is 1. The molecule has 0 saturated carbocycles. The summed E-state index contributed by atoms with van der Waals surface area (Å²) in [5.41, 5.74) is 6.87. The normalized spacial score (nSPS) is 17.6. The third-order valence-electron chi connectivity index (χ3n) is 3.31. The van der Waals surface area contributed by atoms with Gasteiger partial charge in [0.2, 0.25) is 0 Å². The van der Waals surface area contributed by atoms with E-state index in [9.17, 15) is 10.0 Å². The topological polar surface area (TPSA) is 75.8 Å². The first kappa shape index (κ1) is 13.9. The van der Waals surface area contributed by atoms with Gasteiger partial charge in [-0.2, -0.15) is 5.06 Å². The van der Waals surface area contributed by atoms with Crippen LogP contribution in [0.15, 0.2) is 42.5 Å². The summed E-state index contributed by atoms with van der Waals surface area (Å²) in [4.78, 5) is 11.6. The van der Waals surface area contributed by atoms with Crippen LogP contribution in [0.3, 0.4) is 0 Å². The molecular formula is C15H13ClN2O3. The van der Waals surface area contributed by atoms with Crippen LogP contribution in [0.1, 0.15) is 5.56 Å². The maximum absolute atomic E-state index is 11.6. The molecule has 1 amide bonds. The third kappa shape index (κ3) is 2.58. The second-order valence-corrected chi connectivity index (χ2v) is 5.19. The predicted octanol–water partition coefficient (Wildman–Crippen LogP) is 2.74. The molecule has 21 heavy (non-hydrogen) atoms. The summed E-state index contributed by atoms with van der Waals surface area (Å²) in [5, 5.41) is 10.9. The lowest BCUT2D eigenvalue weighted by molar-refractivity contribution is -0.125. The van der Waals surface area contributed by atoms with E-state index < -0.39 is 11.9 Å². The van der Waals surface area contributed by atoms with Gasteiger partial charge in [-0.3, -0.25) is 10.0 Å². The fourth-order valence-corrected chi connectivity index (χ4v) is 2.42. The molecule has 108 valence electrons. The van der Waals surface area contributed by atoms with Crippen LogP contribution in [-0.2, 0) is 11.2 Å². The fourth-order valence-electron chi connectivity index (χ4n) is 2.25. The van der Waals surface area contributed by atoms with Crippen molar-refractivity contribution in [2.24, 2.45) is 5.73 Å². The van der Waals surface area contributed by atoms with Crippen LogP contribution in [0.25, 0.3) is 0 Å². The van der Waals surface area contributed by atoms with Gasteiger partial charge in [0.15, 0.2) is 0 Å². The number of hydrogen-bond acceptors (Lipinski definition) is 4. The van der Waals surface area contributed by atoms with Crippen molar-refractivity contribution in [1.82, 2.24) is 0 Å². The van der Waals surface area contributed by atoms with Crippen molar-refractivity contribution in [3.8, 4) is 11.5 Å². The monoisotopic (exact) mass is 304 g/mol. The summed E-state index contributed by atoms with van der Waals surface area (Å²) in [5.74, 6) is 0.593. The van der Waals surface area contributed by atoms with Crippen molar-refractivity contribution in [3.05, 3.63) is 53.1 Å². The zero-order valence-corrected chi connectivity index (χ0v) is 11.7. The van der Waals surface area contributed by atoms with E-state index in [1.54, 1.807) is 30.3 Å². The predicted molar refractivity (Wildman–Crippen MR) is 78.9 cm³/mol. The van der Waals surface area contributed by atoms with Crippen molar-refractivity contribution in [1.29, 1.82) is 0 Å². The van der Waals surface area contributed by atoms with Gasteiger partial charge in [-0.15, -0.1) is 0 Å². The first-order chi connectivity index (χ1) is 10.1. The molecule has 3 N–H and O–H groups in total. The standard InChI is InChI=1S/C15H13ClN2O3/c16-11-3-1-2-4-14(11)21-10-5-6-13-9(7-10)8-12(17)15(19)18(13)20/h1-7,12,20H,8,17H2. The van der Waals surface area contributed by atoms with Crippen LogP contribution >= 0.6 is 11.6 Å². The fraction of sp³-hybridized carbons (Fsp3) is 0.133. The van der Waals surface area contributed by atoms with Gasteiger partial charge < -0.3 is 10.5 Å². The number of fused-ring (bicyclic) bond motifs is 1. The molecule has 0 spiro atoms. The SMILES string of the molecule is NC1Cc2cc(Oc3ccccc3Cl)ccc2N(O)C1=O. The van der Waals surface area contributed by atoms with E-state index in [0.29, 0.717) is 33.7 Å². The van der Waals surface area contributed by atoms with Gasteiger partial charge in [-0.1, -0.05) is 23.7 Å². The summed E-state index contributed by atoms with van der Waals surface area (Å²) in [6.07, 6.45) is 0.352. The molecule has 0 fully saturated rings. The van der Waals surface area contributed by atoms with Crippen molar-refractivity contribution >= 4 is 23.2 Å². The molecular weight excluding hydrogens is 292 g/mol. The molecule has 1 aliphatic rings. The molecule has 6 heteroatoms. The number of nitrogens with zero attached hydrogens (tertiary/aromatic N) is 1. The van der Waals surface area contributed by atoms with Crippen LogP contribution in [0.4, 0.5) is 5.69 Å². The van der Waals surface area contributed by atoms with Crippen LogP contribution < -0.4 is 15.5 Å². The van der Waals surface area contributed by atoms with Gasteiger partial charge in [0.1, 0.15) is 11.5 Å². The van der Waals surface area contributed by atoms with Gasteiger partial charge in [0.05, 0.1) is 16.8 Å². The Balaban J connectivity index is 1.92. The van der Waals surface area contributed by atoms with Gasteiger partial charge in [0, 0.05) is 0 Å². The number of rotatable bonds is 2. The second-order valence-electron chi connectivity index (χ2n) is 4.78. The Kier molecular flexibility index (Phi) is 3.55. The van der Waals surface area contributed by atoms with Crippen LogP contribution in [0, 0.1) is 0 Å². The van der Waals surface area contributed by atoms with Gasteiger partial charge in [-0.05, 0) is 42.3 Å². The number of hydroxylamine groups is 1. The first-order valence-electron chi connectivity index (χ1n) is 6.40. The zero-order chi connectivity index (χ0) is 15.0. The van der Waals surface area contributed by atoms with Crippen molar-refractivity contribution < 1.29 is 14.7 Å². The molecule has 0 radical (unpaired) electrons. The highest BCUT2D eigenvalue weighted by atomic mass is 35.5. The quantitative estimate of drug-likeness (QED) is 0.837. The van der Waals surface area contributed by atoms with E-state index >= 15 is 0 Å². The second kappa shape index (κ2) is 5.37. The Labute approximate surface area is 126 Å². The number of carbonyl (C=O) groups is 1. The summed E-state index contributed by atoms with van der Waals surface area (Å²) in [6, 6.07) is 11.4. The maximum Gasteiger partial charge on any atom is 0.267 e. The number of hydrogen-bond donors (Lipinski definition) is 2. The highest BCUT2D eigenvalue weighted by molar-refractivity contribution is 6.32. The van der Waals surface area contributed by atoms with E-state index in [1.165, 1.54) is 0 Å². The number of para-hydroxylation sites is 1. The molecule has 0 bridgehead atoms. The molecule has 1 unspecified atom stereocenters. The van der Waals surface area contributed by atoms with Crippen molar-refractivity contribution in [2.45, 2.75) is 12.5 Å². The Bertz CT molecular complexity index is 705. The first-order valence-corrected chi connectivity index (χ1v) is 6.78. The van der Waals surface area contributed by atoms with E-state index in [4.69, 9.17) is 22.1 Å². The van der Waals surface area contributed by atoms with Crippen molar-refractivity contribution in [3.63, 3.8) is 0 Å². The summed E-state index contributed by atoms with van der Waals surface area (Å²) < 4.78 is 5.71. The lowest BCUT2D eigenvalue weighted by Gasteiger charge is -2.27. The number of amides is 1. The number of anilines is 1. The summed E-state index contributed by atoms with van der Waals surface area (Å²) in [7, 11) is 0. The molecule has 2 aromatic rings. The summed E-state index contributed by atoms with van der Waals surface area (Å²) in [6.45, 7) is 0. The molecule has 0 aromatic heterocycles. The van der Waals surface area contributed by atoms with Crippen molar-refractivity contribution in [2.75, 3.05) is 5.06 Å². The minimum atomic E-state index is -0.752. The Morgan fingerprint density at radius 2 is 2.05 bits per heavy atom. The molecule has 2 aromatic carbocycles. The number of halogens is 1. The smallest absolute Gasteiger partial charge is 0.267 e. The van der Waals surface area contributed by atoms with Gasteiger partial charge in [-0.25, -0.2) is 0 Å². The maximum atomic E-state index is 11.6.